The van der Waals surface area contributed by atoms with Crippen LogP contribution in [0.25, 0.3) is 0 Å². The molecule has 0 aliphatic carbocycles. The van der Waals surface area contributed by atoms with Gasteiger partial charge in [0, 0.05) is 43.3 Å². The number of piperidine rings is 1. The average Bonchev–Trinajstić information content (AvgIpc) is 2.64. The fourth-order valence-corrected chi connectivity index (χ4v) is 2.97. The predicted octanol–water partition coefficient (Wildman–Crippen LogP) is 3.10. The van der Waals surface area contributed by atoms with Crippen molar-refractivity contribution in [3.8, 4) is 0 Å². The van der Waals surface area contributed by atoms with Gasteiger partial charge in [-0.05, 0) is 50.5 Å². The van der Waals surface area contributed by atoms with Gasteiger partial charge in [-0.1, -0.05) is 0 Å². The molecule has 7 nitrogen and oxygen atoms in total. The Morgan fingerprint density at radius 2 is 1.81 bits per heavy atom. The van der Waals surface area contributed by atoms with Gasteiger partial charge in [-0.15, -0.1) is 0 Å². The summed E-state index contributed by atoms with van der Waals surface area (Å²) in [6, 6.07) is 9.42. The van der Waals surface area contributed by atoms with Crippen molar-refractivity contribution in [1.29, 1.82) is 0 Å². The highest BCUT2D eigenvalue weighted by molar-refractivity contribution is 5.91. The highest BCUT2D eigenvalue weighted by Crippen LogP contribution is 2.22. The van der Waals surface area contributed by atoms with E-state index in [1.165, 1.54) is 26.4 Å². The Morgan fingerprint density at radius 3 is 2.50 bits per heavy atom. The molecule has 1 saturated heterocycles. The Balaban J connectivity index is 1.68. The molecule has 2 aromatic rings. The van der Waals surface area contributed by atoms with Crippen molar-refractivity contribution in [1.82, 2.24) is 9.97 Å². The number of ether oxygens (including phenoxy) is 1. The first kappa shape index (κ1) is 18.1. The maximum Gasteiger partial charge on any atom is 0.250 e. The van der Waals surface area contributed by atoms with Crippen LogP contribution in [0.5, 0.6) is 0 Å². The summed E-state index contributed by atoms with van der Waals surface area (Å²) in [4.78, 5) is 23.0. The molecule has 3 rings (SSSR count). The van der Waals surface area contributed by atoms with E-state index in [2.05, 4.69) is 25.5 Å². The van der Waals surface area contributed by atoms with Crippen LogP contribution in [0, 0.1) is 6.92 Å². The quantitative estimate of drug-likeness (QED) is 0.829. The highest BCUT2D eigenvalue weighted by Gasteiger charge is 2.14. The second kappa shape index (κ2) is 8.62. The van der Waals surface area contributed by atoms with Gasteiger partial charge in [-0.3, -0.25) is 4.79 Å². The molecule has 2 N–H and O–H groups in total. The third kappa shape index (κ3) is 4.92. The Bertz CT molecular complexity index is 742. The molecule has 0 unspecified atom stereocenters. The van der Waals surface area contributed by atoms with Crippen LogP contribution in [0.1, 0.15) is 25.0 Å². The van der Waals surface area contributed by atoms with Crippen molar-refractivity contribution in [2.45, 2.75) is 26.2 Å². The first-order valence-electron chi connectivity index (χ1n) is 8.90. The van der Waals surface area contributed by atoms with Gasteiger partial charge in [0.1, 0.15) is 12.4 Å². The number of rotatable bonds is 6. The van der Waals surface area contributed by atoms with Crippen LogP contribution in [0.4, 0.5) is 23.1 Å². The fourth-order valence-electron chi connectivity index (χ4n) is 2.97. The standard InChI is InChI=1S/C19H25N5O2/c1-14-12-17(23-19(20-14)24-10-4-3-5-11-24)21-15-6-8-16(9-7-15)22-18(25)13-26-2/h6-9,12H,3-5,10-11,13H2,1-2H3,(H,22,25)(H,20,21,23). The number of aromatic nitrogens is 2. The van der Waals surface area contributed by atoms with Crippen molar-refractivity contribution in [3.05, 3.63) is 36.0 Å². The van der Waals surface area contributed by atoms with Gasteiger partial charge >= 0.3 is 0 Å². The molecule has 1 fully saturated rings. The number of amides is 1. The summed E-state index contributed by atoms with van der Waals surface area (Å²) in [5.41, 5.74) is 2.56. The van der Waals surface area contributed by atoms with Crippen molar-refractivity contribution >= 4 is 29.0 Å². The molecule has 0 radical (unpaired) electrons. The lowest BCUT2D eigenvalue weighted by Gasteiger charge is -2.27. The molecule has 0 bridgehead atoms. The number of hydrogen-bond donors (Lipinski definition) is 2. The van der Waals surface area contributed by atoms with Gasteiger partial charge < -0.3 is 20.3 Å². The molecule has 0 saturated carbocycles. The summed E-state index contributed by atoms with van der Waals surface area (Å²) in [5, 5.41) is 6.09. The maximum absolute atomic E-state index is 11.5. The molecular weight excluding hydrogens is 330 g/mol. The zero-order valence-electron chi connectivity index (χ0n) is 15.3. The lowest BCUT2D eigenvalue weighted by atomic mass is 10.1. The van der Waals surface area contributed by atoms with E-state index in [0.717, 1.165) is 41.9 Å². The van der Waals surface area contributed by atoms with Gasteiger partial charge in [0.15, 0.2) is 0 Å². The van der Waals surface area contributed by atoms with Crippen molar-refractivity contribution in [3.63, 3.8) is 0 Å². The first-order valence-corrected chi connectivity index (χ1v) is 8.90. The second-order valence-electron chi connectivity index (χ2n) is 6.43. The number of benzene rings is 1. The summed E-state index contributed by atoms with van der Waals surface area (Å²) in [5.74, 6) is 1.38. The monoisotopic (exact) mass is 355 g/mol. The number of carbonyl (C=O) groups is 1. The van der Waals surface area contributed by atoms with Crippen molar-refractivity contribution in [2.75, 3.05) is 42.3 Å². The summed E-state index contributed by atoms with van der Waals surface area (Å²) in [6.07, 6.45) is 3.66. The number of nitrogens with zero attached hydrogens (tertiary/aromatic N) is 3. The van der Waals surface area contributed by atoms with E-state index in [4.69, 9.17) is 4.74 Å². The predicted molar refractivity (Wildman–Crippen MR) is 103 cm³/mol. The molecule has 0 atom stereocenters. The summed E-state index contributed by atoms with van der Waals surface area (Å²) < 4.78 is 4.81. The third-order valence-electron chi connectivity index (χ3n) is 4.20. The first-order chi connectivity index (χ1) is 12.6. The summed E-state index contributed by atoms with van der Waals surface area (Å²) in [7, 11) is 1.49. The molecule has 0 spiro atoms. The van der Waals surface area contributed by atoms with E-state index in [1.54, 1.807) is 0 Å². The summed E-state index contributed by atoms with van der Waals surface area (Å²) in [6.45, 7) is 4.05. The van der Waals surface area contributed by atoms with Gasteiger partial charge in [-0.25, -0.2) is 4.98 Å². The molecule has 2 heterocycles. The molecule has 1 aliphatic rings. The molecule has 1 aliphatic heterocycles. The van der Waals surface area contributed by atoms with Gasteiger partial charge in [0.25, 0.3) is 0 Å². The minimum Gasteiger partial charge on any atom is -0.375 e. The molecule has 26 heavy (non-hydrogen) atoms. The number of aryl methyl sites for hydroxylation is 1. The van der Waals surface area contributed by atoms with Crippen LogP contribution < -0.4 is 15.5 Å². The van der Waals surface area contributed by atoms with E-state index in [9.17, 15) is 4.79 Å². The highest BCUT2D eigenvalue weighted by atomic mass is 16.5. The normalized spacial score (nSPS) is 14.2. The fraction of sp³-hybridized carbons (Fsp3) is 0.421. The largest absolute Gasteiger partial charge is 0.375 e. The van der Waals surface area contributed by atoms with Gasteiger partial charge in [0.2, 0.25) is 11.9 Å². The zero-order chi connectivity index (χ0) is 18.4. The Kier molecular flexibility index (Phi) is 6.01. The van der Waals surface area contributed by atoms with Crippen LogP contribution in [-0.4, -0.2) is 42.7 Å². The number of anilines is 4. The van der Waals surface area contributed by atoms with E-state index in [0.29, 0.717) is 0 Å². The van der Waals surface area contributed by atoms with E-state index < -0.39 is 0 Å². The average molecular weight is 355 g/mol. The van der Waals surface area contributed by atoms with Gasteiger partial charge in [0.05, 0.1) is 0 Å². The number of methoxy groups -OCH3 is 1. The molecule has 1 aromatic heterocycles. The van der Waals surface area contributed by atoms with Crippen LogP contribution in [0.2, 0.25) is 0 Å². The molecule has 138 valence electrons. The van der Waals surface area contributed by atoms with Crippen LogP contribution in [-0.2, 0) is 9.53 Å². The SMILES string of the molecule is COCC(=O)Nc1ccc(Nc2cc(C)nc(N3CCCCC3)n2)cc1. The van der Waals surface area contributed by atoms with E-state index >= 15 is 0 Å². The molecule has 7 heteroatoms. The third-order valence-corrected chi connectivity index (χ3v) is 4.20. The van der Waals surface area contributed by atoms with Crippen LogP contribution in [0.3, 0.4) is 0 Å². The van der Waals surface area contributed by atoms with E-state index in [-0.39, 0.29) is 12.5 Å². The van der Waals surface area contributed by atoms with Gasteiger partial charge in [-0.2, -0.15) is 4.98 Å². The molecule has 1 amide bonds. The topological polar surface area (TPSA) is 79.4 Å². The Morgan fingerprint density at radius 1 is 1.12 bits per heavy atom. The Hall–Kier alpha value is -2.67. The Labute approximate surface area is 153 Å². The lowest BCUT2D eigenvalue weighted by molar-refractivity contribution is -0.119. The second-order valence-corrected chi connectivity index (χ2v) is 6.43. The van der Waals surface area contributed by atoms with Crippen molar-refractivity contribution in [2.24, 2.45) is 0 Å². The lowest BCUT2D eigenvalue weighted by Crippen LogP contribution is -2.31. The van der Waals surface area contributed by atoms with Crippen molar-refractivity contribution < 1.29 is 9.53 Å². The summed E-state index contributed by atoms with van der Waals surface area (Å²) >= 11 is 0. The van der Waals surface area contributed by atoms with E-state index in [1.807, 2.05) is 37.3 Å². The smallest absolute Gasteiger partial charge is 0.250 e. The number of hydrogen-bond acceptors (Lipinski definition) is 6. The number of nitrogens with one attached hydrogen (secondary N) is 2. The minimum absolute atomic E-state index is 0.0412. The number of carbonyl (C=O) groups excluding carboxylic acids is 1. The van der Waals surface area contributed by atoms with Crippen LogP contribution in [0.15, 0.2) is 30.3 Å². The molecular formula is C19H25N5O2. The minimum atomic E-state index is -0.175. The zero-order valence-corrected chi connectivity index (χ0v) is 15.3. The molecule has 1 aromatic carbocycles. The van der Waals surface area contributed by atoms with Crippen LogP contribution >= 0.6 is 0 Å². The maximum atomic E-state index is 11.5.